The lowest BCUT2D eigenvalue weighted by molar-refractivity contribution is 0.215. The summed E-state index contributed by atoms with van der Waals surface area (Å²) in [5.41, 5.74) is 5.78. The molecule has 1 unspecified atom stereocenters. The molecule has 0 saturated heterocycles. The van der Waals surface area contributed by atoms with Gasteiger partial charge in [-0.05, 0) is 18.3 Å². The highest BCUT2D eigenvalue weighted by atomic mass is 16.3. The van der Waals surface area contributed by atoms with E-state index in [9.17, 15) is 0 Å². The van der Waals surface area contributed by atoms with E-state index in [1.165, 1.54) is 0 Å². The maximum atomic E-state index is 8.72. The van der Waals surface area contributed by atoms with Crippen LogP contribution in [-0.4, -0.2) is 17.8 Å². The molecule has 0 aliphatic heterocycles. The minimum absolute atomic E-state index is 0.0700. The van der Waals surface area contributed by atoms with Crippen molar-refractivity contribution in [2.45, 2.75) is 32.7 Å². The predicted octanol–water partition coefficient (Wildman–Crippen LogP) is 1.30. The normalized spacial score (nSPS) is 14.5. The lowest BCUT2D eigenvalue weighted by Crippen LogP contribution is -2.30. The smallest absolute Gasteiger partial charge is 0.0582 e. The standard InChI is InChI=1S/C9H19NO/c1-4-5-9(2,3)6-8(10)7-11/h4,8,11H,1,5-7,10H2,2-3H3. The van der Waals surface area contributed by atoms with Crippen molar-refractivity contribution in [2.75, 3.05) is 6.61 Å². The summed E-state index contributed by atoms with van der Waals surface area (Å²) in [7, 11) is 0. The number of rotatable bonds is 5. The summed E-state index contributed by atoms with van der Waals surface area (Å²) in [6, 6.07) is -0.0926. The largest absolute Gasteiger partial charge is 0.395 e. The molecule has 0 saturated carbocycles. The molecule has 0 bridgehead atoms. The molecule has 0 amide bonds. The second kappa shape index (κ2) is 4.52. The van der Waals surface area contributed by atoms with Crippen LogP contribution in [0.3, 0.4) is 0 Å². The topological polar surface area (TPSA) is 46.2 Å². The first kappa shape index (κ1) is 10.7. The number of nitrogens with two attached hydrogens (primary N) is 1. The maximum absolute atomic E-state index is 8.72. The van der Waals surface area contributed by atoms with Gasteiger partial charge in [-0.25, -0.2) is 0 Å². The van der Waals surface area contributed by atoms with Gasteiger partial charge in [0, 0.05) is 6.04 Å². The van der Waals surface area contributed by atoms with Gasteiger partial charge in [-0.1, -0.05) is 19.9 Å². The fraction of sp³-hybridized carbons (Fsp3) is 0.778. The summed E-state index contributed by atoms with van der Waals surface area (Å²) in [6.07, 6.45) is 3.68. The van der Waals surface area contributed by atoms with Crippen LogP contribution in [0.5, 0.6) is 0 Å². The van der Waals surface area contributed by atoms with E-state index in [0.717, 1.165) is 12.8 Å². The lowest BCUT2D eigenvalue weighted by atomic mass is 9.83. The van der Waals surface area contributed by atoms with E-state index in [2.05, 4.69) is 20.4 Å². The van der Waals surface area contributed by atoms with Gasteiger partial charge < -0.3 is 10.8 Å². The summed E-state index contributed by atoms with van der Waals surface area (Å²) in [4.78, 5) is 0. The summed E-state index contributed by atoms with van der Waals surface area (Å²) in [6.45, 7) is 8.00. The molecule has 2 nitrogen and oxygen atoms in total. The van der Waals surface area contributed by atoms with Crippen molar-refractivity contribution in [2.24, 2.45) is 11.1 Å². The zero-order valence-corrected chi connectivity index (χ0v) is 7.51. The maximum Gasteiger partial charge on any atom is 0.0582 e. The third kappa shape index (κ3) is 4.99. The molecule has 11 heavy (non-hydrogen) atoms. The minimum Gasteiger partial charge on any atom is -0.395 e. The van der Waals surface area contributed by atoms with Crippen LogP contribution in [0.15, 0.2) is 12.7 Å². The molecule has 3 N–H and O–H groups in total. The fourth-order valence-corrected chi connectivity index (χ4v) is 1.25. The monoisotopic (exact) mass is 157 g/mol. The quantitative estimate of drug-likeness (QED) is 0.591. The van der Waals surface area contributed by atoms with Gasteiger partial charge >= 0.3 is 0 Å². The average Bonchev–Trinajstić information content (AvgIpc) is 1.86. The fourth-order valence-electron chi connectivity index (χ4n) is 1.25. The second-order valence-corrected chi connectivity index (χ2v) is 3.80. The Balaban J connectivity index is 3.79. The van der Waals surface area contributed by atoms with E-state index in [0.29, 0.717) is 0 Å². The average molecular weight is 157 g/mol. The van der Waals surface area contributed by atoms with Gasteiger partial charge in [-0.2, -0.15) is 0 Å². The lowest BCUT2D eigenvalue weighted by Gasteiger charge is -2.25. The van der Waals surface area contributed by atoms with Gasteiger partial charge in [0.15, 0.2) is 0 Å². The summed E-state index contributed by atoms with van der Waals surface area (Å²) in [5, 5.41) is 8.72. The number of hydrogen-bond acceptors (Lipinski definition) is 2. The highest BCUT2D eigenvalue weighted by molar-refractivity contribution is 4.82. The molecule has 1 atom stereocenters. The Labute approximate surface area is 69.1 Å². The Kier molecular flexibility index (Phi) is 4.38. The van der Waals surface area contributed by atoms with Crippen molar-refractivity contribution in [3.05, 3.63) is 12.7 Å². The number of hydrogen-bond donors (Lipinski definition) is 2. The molecular formula is C9H19NO. The minimum atomic E-state index is -0.0926. The van der Waals surface area contributed by atoms with Crippen molar-refractivity contribution in [3.8, 4) is 0 Å². The molecule has 0 spiro atoms. The predicted molar refractivity (Wildman–Crippen MR) is 48.3 cm³/mol. The Morgan fingerprint density at radius 2 is 2.18 bits per heavy atom. The number of allylic oxidation sites excluding steroid dienone is 1. The Morgan fingerprint density at radius 3 is 2.55 bits per heavy atom. The summed E-state index contributed by atoms with van der Waals surface area (Å²) >= 11 is 0. The van der Waals surface area contributed by atoms with E-state index in [1.54, 1.807) is 0 Å². The Morgan fingerprint density at radius 1 is 1.64 bits per heavy atom. The van der Waals surface area contributed by atoms with E-state index in [1.807, 2.05) is 6.08 Å². The van der Waals surface area contributed by atoms with Gasteiger partial charge in [-0.3, -0.25) is 0 Å². The van der Waals surface area contributed by atoms with Gasteiger partial charge in [0.2, 0.25) is 0 Å². The molecule has 0 aromatic carbocycles. The van der Waals surface area contributed by atoms with Crippen LogP contribution < -0.4 is 5.73 Å². The van der Waals surface area contributed by atoms with Crippen LogP contribution >= 0.6 is 0 Å². The molecular weight excluding hydrogens is 138 g/mol. The molecule has 0 radical (unpaired) electrons. The van der Waals surface area contributed by atoms with Gasteiger partial charge in [0.1, 0.15) is 0 Å². The number of aliphatic hydroxyl groups excluding tert-OH is 1. The van der Waals surface area contributed by atoms with E-state index in [-0.39, 0.29) is 18.1 Å². The van der Waals surface area contributed by atoms with E-state index < -0.39 is 0 Å². The third-order valence-electron chi connectivity index (χ3n) is 1.75. The van der Waals surface area contributed by atoms with Crippen LogP contribution in [0.25, 0.3) is 0 Å². The van der Waals surface area contributed by atoms with E-state index in [4.69, 9.17) is 10.8 Å². The van der Waals surface area contributed by atoms with Crippen LogP contribution in [0.1, 0.15) is 26.7 Å². The van der Waals surface area contributed by atoms with Gasteiger partial charge in [0.25, 0.3) is 0 Å². The molecule has 0 aliphatic rings. The van der Waals surface area contributed by atoms with Gasteiger partial charge in [-0.15, -0.1) is 6.58 Å². The van der Waals surface area contributed by atoms with Crippen molar-refractivity contribution in [1.82, 2.24) is 0 Å². The van der Waals surface area contributed by atoms with Gasteiger partial charge in [0.05, 0.1) is 6.61 Å². The Bertz CT molecular complexity index is 121. The molecule has 0 aliphatic carbocycles. The van der Waals surface area contributed by atoms with Crippen LogP contribution in [0.4, 0.5) is 0 Å². The molecule has 0 heterocycles. The highest BCUT2D eigenvalue weighted by Crippen LogP contribution is 2.26. The highest BCUT2D eigenvalue weighted by Gasteiger charge is 2.18. The first-order valence-electron chi connectivity index (χ1n) is 3.99. The van der Waals surface area contributed by atoms with Crippen molar-refractivity contribution in [1.29, 1.82) is 0 Å². The summed E-state index contributed by atoms with van der Waals surface area (Å²) < 4.78 is 0. The third-order valence-corrected chi connectivity index (χ3v) is 1.75. The first-order valence-corrected chi connectivity index (χ1v) is 3.99. The molecule has 0 fully saturated rings. The first-order chi connectivity index (χ1) is 5.02. The van der Waals surface area contributed by atoms with Crippen molar-refractivity contribution < 1.29 is 5.11 Å². The Hall–Kier alpha value is -0.340. The van der Waals surface area contributed by atoms with Crippen LogP contribution in [-0.2, 0) is 0 Å². The molecule has 0 aromatic rings. The zero-order valence-electron chi connectivity index (χ0n) is 7.51. The SMILES string of the molecule is C=CCC(C)(C)CC(N)CO. The number of aliphatic hydroxyl groups is 1. The zero-order chi connectivity index (χ0) is 8.91. The molecule has 66 valence electrons. The van der Waals surface area contributed by atoms with Crippen LogP contribution in [0, 0.1) is 5.41 Å². The molecule has 2 heteroatoms. The van der Waals surface area contributed by atoms with E-state index >= 15 is 0 Å². The summed E-state index contributed by atoms with van der Waals surface area (Å²) in [5.74, 6) is 0. The molecule has 0 rings (SSSR count). The molecule has 0 aromatic heterocycles. The van der Waals surface area contributed by atoms with Crippen LogP contribution in [0.2, 0.25) is 0 Å². The van der Waals surface area contributed by atoms with Crippen molar-refractivity contribution in [3.63, 3.8) is 0 Å². The second-order valence-electron chi connectivity index (χ2n) is 3.80. The van der Waals surface area contributed by atoms with Crippen molar-refractivity contribution >= 4 is 0 Å².